The molecule has 0 aliphatic carbocycles. The van der Waals surface area contributed by atoms with Crippen molar-refractivity contribution < 1.29 is 4.79 Å². The molecular weight excluding hydrogens is 310 g/mol. The van der Waals surface area contributed by atoms with Crippen LogP contribution >= 0.6 is 0 Å². The Balaban J connectivity index is 2.41. The Morgan fingerprint density at radius 2 is 2.04 bits per heavy atom. The summed E-state index contributed by atoms with van der Waals surface area (Å²) in [5.74, 6) is -0.770. The van der Waals surface area contributed by atoms with Crippen molar-refractivity contribution in [1.82, 2.24) is 14.5 Å². The van der Waals surface area contributed by atoms with Gasteiger partial charge in [-0.1, -0.05) is 13.8 Å². The van der Waals surface area contributed by atoms with Crippen LogP contribution in [-0.2, 0) is 24.3 Å². The lowest BCUT2D eigenvalue weighted by Gasteiger charge is -2.27. The summed E-state index contributed by atoms with van der Waals surface area (Å²) in [6.07, 6.45) is 1.18. The van der Waals surface area contributed by atoms with Gasteiger partial charge in [0.15, 0.2) is 0 Å². The maximum Gasteiger partial charge on any atom is 0.331 e. The van der Waals surface area contributed by atoms with E-state index >= 15 is 0 Å². The molecule has 1 amide bonds. The van der Waals surface area contributed by atoms with E-state index in [1.54, 1.807) is 20.8 Å². The van der Waals surface area contributed by atoms with Gasteiger partial charge < -0.3 is 5.32 Å². The molecule has 126 valence electrons. The molecule has 8 heteroatoms. The Labute approximate surface area is 138 Å². The van der Waals surface area contributed by atoms with Crippen LogP contribution in [0.25, 0.3) is 0 Å². The average Bonchev–Trinajstić information content (AvgIpc) is 3.01. The topological polar surface area (TPSA) is 121 Å². The van der Waals surface area contributed by atoms with Gasteiger partial charge in [0.1, 0.15) is 23.7 Å². The van der Waals surface area contributed by atoms with E-state index in [2.05, 4.69) is 5.32 Å². The quantitative estimate of drug-likeness (QED) is 0.825. The van der Waals surface area contributed by atoms with E-state index < -0.39 is 29.2 Å². The van der Waals surface area contributed by atoms with E-state index in [9.17, 15) is 24.9 Å². The van der Waals surface area contributed by atoms with Crippen LogP contribution in [0.15, 0.2) is 9.59 Å². The summed E-state index contributed by atoms with van der Waals surface area (Å²) in [6.45, 7) is 5.05. The second-order valence-electron chi connectivity index (χ2n) is 6.38. The van der Waals surface area contributed by atoms with Crippen LogP contribution in [0.2, 0.25) is 0 Å². The van der Waals surface area contributed by atoms with Gasteiger partial charge in [-0.25, -0.2) is 9.36 Å². The number of carbonyl (C=O) groups is 1. The molecule has 0 bridgehead atoms. The Morgan fingerprint density at radius 3 is 2.58 bits per heavy atom. The van der Waals surface area contributed by atoms with Gasteiger partial charge in [0.25, 0.3) is 5.56 Å². The normalized spacial score (nSPS) is 15.2. The zero-order valence-corrected chi connectivity index (χ0v) is 13.9. The SMILES string of the molecule is CC(C)[C@@](C)(C#N)NC(=O)Cn1c(=O)c(C#N)c2n(c1=O)CCC2. The standard InChI is InChI=1S/C16H19N5O3/c1-10(2)16(3,9-18)19-13(22)8-21-14(23)11(7-17)12-5-4-6-20(12)15(21)24/h10H,4-6,8H2,1-3H3,(H,19,22)/t16-/m1/s1. The third-order valence-electron chi connectivity index (χ3n) is 4.53. The fraction of sp³-hybridized carbons (Fsp3) is 0.562. The number of hydrogen-bond acceptors (Lipinski definition) is 5. The molecule has 0 aromatic carbocycles. The third-order valence-corrected chi connectivity index (χ3v) is 4.53. The lowest BCUT2D eigenvalue weighted by atomic mass is 9.90. The van der Waals surface area contributed by atoms with Crippen molar-refractivity contribution in [2.24, 2.45) is 5.92 Å². The van der Waals surface area contributed by atoms with Crippen LogP contribution < -0.4 is 16.6 Å². The zero-order chi connectivity index (χ0) is 18.1. The Hall–Kier alpha value is -2.87. The van der Waals surface area contributed by atoms with Crippen molar-refractivity contribution in [1.29, 1.82) is 10.5 Å². The first kappa shape index (κ1) is 17.5. The van der Waals surface area contributed by atoms with Gasteiger partial charge in [0.05, 0.1) is 6.07 Å². The molecule has 24 heavy (non-hydrogen) atoms. The van der Waals surface area contributed by atoms with Gasteiger partial charge >= 0.3 is 5.69 Å². The number of nitrogens with zero attached hydrogens (tertiary/aromatic N) is 4. The highest BCUT2D eigenvalue weighted by Gasteiger charge is 2.31. The first-order valence-corrected chi connectivity index (χ1v) is 7.74. The number of hydrogen-bond donors (Lipinski definition) is 1. The largest absolute Gasteiger partial charge is 0.336 e. The van der Waals surface area contributed by atoms with Gasteiger partial charge in [-0.3, -0.25) is 14.2 Å². The number of aromatic nitrogens is 2. The van der Waals surface area contributed by atoms with E-state index in [0.717, 1.165) is 4.57 Å². The Kier molecular flexibility index (Phi) is 4.61. The number of nitrogens with one attached hydrogen (secondary N) is 1. The summed E-state index contributed by atoms with van der Waals surface area (Å²) in [5.41, 5.74) is -2.11. The maximum absolute atomic E-state index is 12.4. The number of amides is 1. The molecule has 1 aromatic heterocycles. The second-order valence-corrected chi connectivity index (χ2v) is 6.38. The van der Waals surface area contributed by atoms with Crippen LogP contribution in [0, 0.1) is 28.6 Å². The monoisotopic (exact) mass is 329 g/mol. The molecule has 1 aliphatic heterocycles. The first-order chi connectivity index (χ1) is 11.2. The van der Waals surface area contributed by atoms with Gasteiger partial charge in [0.2, 0.25) is 5.91 Å². The summed E-state index contributed by atoms with van der Waals surface area (Å²) in [6, 6.07) is 3.87. The molecule has 1 aliphatic rings. The van der Waals surface area contributed by atoms with Crippen molar-refractivity contribution in [2.75, 3.05) is 0 Å². The summed E-state index contributed by atoms with van der Waals surface area (Å²) in [4.78, 5) is 37.0. The van der Waals surface area contributed by atoms with Crippen molar-refractivity contribution in [2.45, 2.75) is 52.2 Å². The van der Waals surface area contributed by atoms with Crippen LogP contribution in [0.1, 0.15) is 38.4 Å². The zero-order valence-electron chi connectivity index (χ0n) is 13.9. The first-order valence-electron chi connectivity index (χ1n) is 7.74. The minimum atomic E-state index is -1.11. The number of rotatable bonds is 4. The lowest BCUT2D eigenvalue weighted by Crippen LogP contribution is -2.52. The van der Waals surface area contributed by atoms with Gasteiger partial charge in [-0.15, -0.1) is 0 Å². The summed E-state index contributed by atoms with van der Waals surface area (Å²) >= 11 is 0. The van der Waals surface area contributed by atoms with Crippen LogP contribution in [-0.4, -0.2) is 20.6 Å². The predicted octanol–water partition coefficient (Wildman–Crippen LogP) is -0.118. The van der Waals surface area contributed by atoms with Crippen LogP contribution in [0.3, 0.4) is 0 Å². The van der Waals surface area contributed by atoms with Crippen LogP contribution in [0.4, 0.5) is 0 Å². The second kappa shape index (κ2) is 6.32. The summed E-state index contributed by atoms with van der Waals surface area (Å²) in [7, 11) is 0. The average molecular weight is 329 g/mol. The predicted molar refractivity (Wildman–Crippen MR) is 85.0 cm³/mol. The van der Waals surface area contributed by atoms with E-state index in [1.165, 1.54) is 4.57 Å². The highest BCUT2D eigenvalue weighted by molar-refractivity contribution is 5.77. The number of carbonyl (C=O) groups excluding carboxylic acids is 1. The molecule has 0 fully saturated rings. The number of nitriles is 2. The smallest absolute Gasteiger partial charge is 0.331 e. The molecule has 0 unspecified atom stereocenters. The molecule has 0 radical (unpaired) electrons. The molecule has 0 spiro atoms. The molecule has 1 aromatic rings. The van der Waals surface area contributed by atoms with E-state index in [-0.39, 0.29) is 11.5 Å². The van der Waals surface area contributed by atoms with E-state index in [1.807, 2.05) is 12.1 Å². The van der Waals surface area contributed by atoms with Crippen molar-refractivity contribution in [3.63, 3.8) is 0 Å². The molecule has 0 saturated carbocycles. The molecule has 0 saturated heterocycles. The minimum Gasteiger partial charge on any atom is -0.336 e. The van der Waals surface area contributed by atoms with Gasteiger partial charge in [0, 0.05) is 12.2 Å². The third kappa shape index (κ3) is 2.83. The van der Waals surface area contributed by atoms with Gasteiger partial charge in [-0.2, -0.15) is 10.5 Å². The lowest BCUT2D eigenvalue weighted by molar-refractivity contribution is -0.123. The highest BCUT2D eigenvalue weighted by atomic mass is 16.2. The van der Waals surface area contributed by atoms with E-state index in [4.69, 9.17) is 0 Å². The fourth-order valence-electron chi connectivity index (χ4n) is 2.66. The molecule has 2 heterocycles. The maximum atomic E-state index is 12.4. The summed E-state index contributed by atoms with van der Waals surface area (Å²) in [5, 5.41) is 21.0. The summed E-state index contributed by atoms with van der Waals surface area (Å²) < 4.78 is 2.14. The van der Waals surface area contributed by atoms with Crippen molar-refractivity contribution in [3.05, 3.63) is 32.1 Å². The minimum absolute atomic E-state index is 0.0909. The van der Waals surface area contributed by atoms with Gasteiger partial charge in [-0.05, 0) is 25.7 Å². The molecule has 8 nitrogen and oxygen atoms in total. The number of fused-ring (bicyclic) bond motifs is 1. The Bertz CT molecular complexity index is 881. The highest BCUT2D eigenvalue weighted by Crippen LogP contribution is 2.15. The molecular formula is C16H19N5O3. The molecule has 1 atom stereocenters. The van der Waals surface area contributed by atoms with E-state index in [0.29, 0.717) is 25.1 Å². The van der Waals surface area contributed by atoms with Crippen molar-refractivity contribution in [3.8, 4) is 12.1 Å². The molecule has 2 rings (SSSR count). The van der Waals surface area contributed by atoms with Crippen molar-refractivity contribution >= 4 is 5.91 Å². The molecule has 1 N–H and O–H groups in total. The van der Waals surface area contributed by atoms with Crippen LogP contribution in [0.5, 0.6) is 0 Å². The Morgan fingerprint density at radius 1 is 1.38 bits per heavy atom. The fourth-order valence-corrected chi connectivity index (χ4v) is 2.66.